The first kappa shape index (κ1) is 25.3. The molecule has 3 heterocycles. The van der Waals surface area contributed by atoms with Gasteiger partial charge in [-0.15, -0.1) is 0 Å². The first-order valence-corrected chi connectivity index (χ1v) is 18.0. The maximum absolute atomic E-state index is 4.81. The Kier molecular flexibility index (Phi) is 5.78. The quantitative estimate of drug-likeness (QED) is 0.146. The number of nitrogens with zero attached hydrogens (tertiary/aromatic N) is 2. The van der Waals surface area contributed by atoms with Gasteiger partial charge >= 0.3 is 0 Å². The Hall–Kier alpha value is -4.38. The fourth-order valence-electron chi connectivity index (χ4n) is 6.56. The van der Waals surface area contributed by atoms with Gasteiger partial charge in [0.25, 0.3) is 0 Å². The molecule has 8 rings (SSSR count). The standard InChI is InChI=1S/C38H27BrN2Si/c1-42(2)35-8-4-3-7-33(35)34-16-15-27(22-36(34)42)30-19-29(20-32(39)21-30)24-9-11-25(12-10-24)31-18-28-14-13-26-6-5-17-40-37(26)38(28)41-23-31/h3-23H,1-2H3. The molecule has 0 radical (unpaired) electrons. The molecule has 0 saturated heterocycles. The molecule has 0 fully saturated rings. The zero-order chi connectivity index (χ0) is 28.4. The Morgan fingerprint density at radius 1 is 0.500 bits per heavy atom. The number of pyridine rings is 2. The number of aromatic nitrogens is 2. The first-order valence-electron chi connectivity index (χ1n) is 14.3. The lowest BCUT2D eigenvalue weighted by molar-refractivity contribution is 1.37. The van der Waals surface area contributed by atoms with Crippen LogP contribution in [-0.4, -0.2) is 18.0 Å². The fourth-order valence-corrected chi connectivity index (χ4v) is 10.2. The molecule has 7 aromatic rings. The van der Waals surface area contributed by atoms with Crippen molar-refractivity contribution in [1.29, 1.82) is 0 Å². The van der Waals surface area contributed by atoms with Crippen molar-refractivity contribution in [3.63, 3.8) is 0 Å². The Bertz CT molecular complexity index is 2180. The second-order valence-corrected chi connectivity index (χ2v) is 16.9. The summed E-state index contributed by atoms with van der Waals surface area (Å²) in [7, 11) is -1.73. The topological polar surface area (TPSA) is 25.8 Å². The van der Waals surface area contributed by atoms with Crippen LogP contribution in [0.25, 0.3) is 66.3 Å². The summed E-state index contributed by atoms with van der Waals surface area (Å²) in [4.78, 5) is 9.37. The lowest BCUT2D eigenvalue weighted by Crippen LogP contribution is -2.49. The molecule has 2 aromatic heterocycles. The smallest absolute Gasteiger partial charge is 0.113 e. The second kappa shape index (κ2) is 9.58. The summed E-state index contributed by atoms with van der Waals surface area (Å²) in [6.45, 7) is 4.94. The highest BCUT2D eigenvalue weighted by Gasteiger charge is 2.37. The molecule has 2 nitrogen and oxygen atoms in total. The minimum absolute atomic E-state index is 0.941. The van der Waals surface area contributed by atoms with Crippen LogP contribution in [0, 0.1) is 0 Å². The van der Waals surface area contributed by atoms with Gasteiger partial charge < -0.3 is 0 Å². The van der Waals surface area contributed by atoms with Crippen molar-refractivity contribution in [3.05, 3.63) is 132 Å². The fraction of sp³-hybridized carbons (Fsp3) is 0.0526. The van der Waals surface area contributed by atoms with Crippen LogP contribution in [0.4, 0.5) is 0 Å². The molecule has 0 spiro atoms. The molecule has 0 atom stereocenters. The zero-order valence-electron chi connectivity index (χ0n) is 23.4. The van der Waals surface area contributed by atoms with E-state index < -0.39 is 8.07 Å². The molecule has 4 heteroatoms. The molecule has 0 saturated carbocycles. The molecule has 1 aliphatic heterocycles. The second-order valence-electron chi connectivity index (χ2n) is 11.7. The summed E-state index contributed by atoms with van der Waals surface area (Å²) in [6, 6.07) is 42.1. The summed E-state index contributed by atoms with van der Waals surface area (Å²) in [5.41, 5.74) is 11.8. The van der Waals surface area contributed by atoms with Crippen molar-refractivity contribution in [2.45, 2.75) is 13.1 Å². The largest absolute Gasteiger partial charge is 0.254 e. The molecule has 0 aliphatic carbocycles. The van der Waals surface area contributed by atoms with Gasteiger partial charge in [0, 0.05) is 33.2 Å². The summed E-state index contributed by atoms with van der Waals surface area (Å²) in [5.74, 6) is 0. The molecular formula is C38H27BrN2Si. The Morgan fingerprint density at radius 3 is 2.00 bits per heavy atom. The minimum Gasteiger partial charge on any atom is -0.254 e. The third kappa shape index (κ3) is 4.05. The summed E-state index contributed by atoms with van der Waals surface area (Å²) >= 11 is 3.80. The van der Waals surface area contributed by atoms with Crippen molar-refractivity contribution in [3.8, 4) is 44.5 Å². The van der Waals surface area contributed by atoms with E-state index in [1.165, 1.54) is 38.6 Å². The van der Waals surface area contributed by atoms with E-state index in [9.17, 15) is 0 Å². The monoisotopic (exact) mass is 618 g/mol. The van der Waals surface area contributed by atoms with E-state index in [1.54, 1.807) is 5.19 Å². The summed E-state index contributed by atoms with van der Waals surface area (Å²) in [6.07, 6.45) is 3.79. The zero-order valence-corrected chi connectivity index (χ0v) is 26.0. The van der Waals surface area contributed by atoms with E-state index in [0.717, 1.165) is 37.4 Å². The SMILES string of the molecule is C[Si]1(C)c2ccccc2-c2ccc(-c3cc(Br)cc(-c4ccc(-c5cnc6c(ccc7cccnc76)c5)cc4)c3)cc21. The van der Waals surface area contributed by atoms with E-state index in [4.69, 9.17) is 4.98 Å². The number of rotatable bonds is 3. The van der Waals surface area contributed by atoms with E-state index in [0.29, 0.717) is 0 Å². The average molecular weight is 620 g/mol. The van der Waals surface area contributed by atoms with Crippen molar-refractivity contribution >= 4 is 56.2 Å². The number of hydrogen-bond acceptors (Lipinski definition) is 2. The van der Waals surface area contributed by atoms with Gasteiger partial charge in [-0.1, -0.05) is 114 Å². The maximum atomic E-state index is 4.81. The molecule has 42 heavy (non-hydrogen) atoms. The van der Waals surface area contributed by atoms with Crippen molar-refractivity contribution in [1.82, 2.24) is 9.97 Å². The first-order chi connectivity index (χ1) is 20.5. The summed E-state index contributed by atoms with van der Waals surface area (Å²) in [5, 5.41) is 5.28. The summed E-state index contributed by atoms with van der Waals surface area (Å²) < 4.78 is 1.08. The van der Waals surface area contributed by atoms with E-state index >= 15 is 0 Å². The molecule has 0 unspecified atom stereocenters. The van der Waals surface area contributed by atoms with Crippen LogP contribution in [-0.2, 0) is 0 Å². The Balaban J connectivity index is 1.13. The molecule has 0 bridgehead atoms. The van der Waals surface area contributed by atoms with Gasteiger partial charge in [0.15, 0.2) is 0 Å². The number of benzene rings is 5. The van der Waals surface area contributed by atoms with Gasteiger partial charge in [-0.3, -0.25) is 9.97 Å². The number of hydrogen-bond donors (Lipinski definition) is 0. The maximum Gasteiger partial charge on any atom is 0.113 e. The van der Waals surface area contributed by atoms with E-state index in [-0.39, 0.29) is 0 Å². The lowest BCUT2D eigenvalue weighted by atomic mass is 9.96. The van der Waals surface area contributed by atoms with Gasteiger partial charge in [0.2, 0.25) is 0 Å². The third-order valence-corrected chi connectivity index (χ3v) is 12.8. The van der Waals surface area contributed by atoms with Crippen LogP contribution in [0.5, 0.6) is 0 Å². The van der Waals surface area contributed by atoms with Crippen LogP contribution < -0.4 is 10.4 Å². The molecule has 5 aromatic carbocycles. The van der Waals surface area contributed by atoms with Crippen LogP contribution in [0.2, 0.25) is 13.1 Å². The van der Waals surface area contributed by atoms with Gasteiger partial charge in [-0.05, 0) is 79.6 Å². The van der Waals surface area contributed by atoms with Gasteiger partial charge in [-0.25, -0.2) is 0 Å². The molecular weight excluding hydrogens is 592 g/mol. The van der Waals surface area contributed by atoms with Crippen molar-refractivity contribution in [2.24, 2.45) is 0 Å². The minimum atomic E-state index is -1.73. The highest BCUT2D eigenvalue weighted by atomic mass is 79.9. The highest BCUT2D eigenvalue weighted by molar-refractivity contribution is 9.10. The van der Waals surface area contributed by atoms with Gasteiger partial charge in [-0.2, -0.15) is 0 Å². The average Bonchev–Trinajstić information content (AvgIpc) is 3.26. The van der Waals surface area contributed by atoms with Crippen LogP contribution in [0.1, 0.15) is 0 Å². The van der Waals surface area contributed by atoms with Crippen molar-refractivity contribution < 1.29 is 0 Å². The Labute approximate surface area is 254 Å². The normalized spacial score (nSPS) is 13.3. The van der Waals surface area contributed by atoms with Crippen LogP contribution in [0.15, 0.2) is 132 Å². The van der Waals surface area contributed by atoms with E-state index in [1.807, 2.05) is 18.5 Å². The van der Waals surface area contributed by atoms with Crippen LogP contribution >= 0.6 is 15.9 Å². The predicted octanol–water partition coefficient (Wildman–Crippen LogP) is 9.35. The highest BCUT2D eigenvalue weighted by Crippen LogP contribution is 2.35. The van der Waals surface area contributed by atoms with Gasteiger partial charge in [0.05, 0.1) is 11.0 Å². The molecule has 200 valence electrons. The van der Waals surface area contributed by atoms with E-state index in [2.05, 4.69) is 143 Å². The lowest BCUT2D eigenvalue weighted by Gasteiger charge is -2.19. The van der Waals surface area contributed by atoms with Crippen LogP contribution in [0.3, 0.4) is 0 Å². The van der Waals surface area contributed by atoms with Crippen molar-refractivity contribution in [2.75, 3.05) is 0 Å². The third-order valence-electron chi connectivity index (χ3n) is 8.79. The molecule has 0 amide bonds. The Morgan fingerprint density at radius 2 is 1.17 bits per heavy atom. The number of fused-ring (bicyclic) bond motifs is 6. The molecule has 0 N–H and O–H groups in total. The number of halogens is 1. The molecule has 1 aliphatic rings. The predicted molar refractivity (Wildman–Crippen MR) is 183 cm³/mol. The van der Waals surface area contributed by atoms with Gasteiger partial charge in [0.1, 0.15) is 8.07 Å².